The molecule has 1 fully saturated rings. The number of likely N-dealkylation sites (tertiary alicyclic amines) is 1. The van der Waals surface area contributed by atoms with E-state index in [0.29, 0.717) is 23.4 Å². The van der Waals surface area contributed by atoms with E-state index in [2.05, 4.69) is 88.6 Å². The summed E-state index contributed by atoms with van der Waals surface area (Å²) in [6, 6.07) is 10.3. The largest absolute Gasteiger partial charge is 0.365 e. The molecule has 0 spiro atoms. The van der Waals surface area contributed by atoms with E-state index in [1.165, 1.54) is 36.1 Å². The van der Waals surface area contributed by atoms with Crippen LogP contribution < -0.4 is 10.6 Å². The van der Waals surface area contributed by atoms with Gasteiger partial charge in [-0.2, -0.15) is 0 Å². The Morgan fingerprint density at radius 1 is 1.13 bits per heavy atom. The van der Waals surface area contributed by atoms with Crippen LogP contribution in [0.15, 0.2) is 35.9 Å². The van der Waals surface area contributed by atoms with Crippen molar-refractivity contribution in [3.63, 3.8) is 0 Å². The van der Waals surface area contributed by atoms with Gasteiger partial charge in [-0.1, -0.05) is 58.4 Å². The molecular weight excluding hydrogens is 378 g/mol. The fraction of sp³-hybridized carbons (Fsp3) is 0.714. The lowest BCUT2D eigenvalue weighted by atomic mass is 9.88. The highest BCUT2D eigenvalue weighted by atomic mass is 15.2. The Kier molecular flexibility index (Phi) is 10.1. The summed E-state index contributed by atoms with van der Waals surface area (Å²) in [7, 11) is 0. The van der Waals surface area contributed by atoms with Crippen molar-refractivity contribution in [3.8, 4) is 0 Å². The molecule has 3 heteroatoms. The number of allylic oxidation sites excluding steroid dienone is 1. The van der Waals surface area contributed by atoms with E-state index < -0.39 is 0 Å². The maximum absolute atomic E-state index is 6.38. The second-order valence-electron chi connectivity index (χ2n) is 11.6. The molecule has 1 heterocycles. The predicted molar refractivity (Wildman–Crippen MR) is 138 cm³/mol. The molecule has 1 aliphatic rings. The molecule has 2 rings (SSSR count). The first-order valence-corrected chi connectivity index (χ1v) is 12.5. The van der Waals surface area contributed by atoms with Crippen LogP contribution in [0.5, 0.6) is 0 Å². The Balaban J connectivity index is 2.00. The molecule has 1 aliphatic heterocycles. The van der Waals surface area contributed by atoms with Crippen molar-refractivity contribution >= 4 is 5.69 Å². The van der Waals surface area contributed by atoms with Gasteiger partial charge in [0.15, 0.2) is 0 Å². The summed E-state index contributed by atoms with van der Waals surface area (Å²) in [5.41, 5.74) is 11.0. The van der Waals surface area contributed by atoms with Crippen molar-refractivity contribution in [1.29, 1.82) is 0 Å². The van der Waals surface area contributed by atoms with Gasteiger partial charge in [0.1, 0.15) is 0 Å². The van der Waals surface area contributed by atoms with Gasteiger partial charge in [-0.15, -0.1) is 0 Å². The van der Waals surface area contributed by atoms with Gasteiger partial charge < -0.3 is 15.5 Å². The van der Waals surface area contributed by atoms with Crippen LogP contribution >= 0.6 is 0 Å². The summed E-state index contributed by atoms with van der Waals surface area (Å²) in [5, 5.41) is 0. The van der Waals surface area contributed by atoms with Crippen molar-refractivity contribution in [3.05, 3.63) is 41.5 Å². The van der Waals surface area contributed by atoms with Crippen molar-refractivity contribution < 1.29 is 0 Å². The molecule has 2 N–H and O–H groups in total. The number of piperidine rings is 1. The summed E-state index contributed by atoms with van der Waals surface area (Å²) in [5.74, 6) is 0.679. The minimum Gasteiger partial charge on any atom is -0.365 e. The van der Waals surface area contributed by atoms with Gasteiger partial charge in [0.25, 0.3) is 0 Å². The van der Waals surface area contributed by atoms with Gasteiger partial charge in [-0.25, -0.2) is 0 Å². The minimum absolute atomic E-state index is 0.305. The van der Waals surface area contributed by atoms with E-state index in [-0.39, 0.29) is 0 Å². The fourth-order valence-corrected chi connectivity index (χ4v) is 4.54. The van der Waals surface area contributed by atoms with Crippen LogP contribution in [0, 0.1) is 11.3 Å². The van der Waals surface area contributed by atoms with Gasteiger partial charge in [0.05, 0.1) is 0 Å². The van der Waals surface area contributed by atoms with Crippen LogP contribution in [0.25, 0.3) is 0 Å². The molecule has 0 saturated carbocycles. The van der Waals surface area contributed by atoms with Gasteiger partial charge in [0, 0.05) is 44.0 Å². The number of nitrogens with two attached hydrogens (primary N) is 1. The van der Waals surface area contributed by atoms with Crippen molar-refractivity contribution in [2.75, 3.05) is 31.1 Å². The molecule has 0 unspecified atom stereocenters. The monoisotopic (exact) mass is 427 g/mol. The molecule has 0 bridgehead atoms. The van der Waals surface area contributed by atoms with E-state index in [1.54, 1.807) is 0 Å². The van der Waals surface area contributed by atoms with Crippen LogP contribution in [0.3, 0.4) is 0 Å². The number of nitrogens with zero attached hydrogens (tertiary/aromatic N) is 2. The number of hydrogen-bond acceptors (Lipinski definition) is 3. The van der Waals surface area contributed by atoms with Gasteiger partial charge in [0.2, 0.25) is 0 Å². The van der Waals surface area contributed by atoms with Crippen LogP contribution in [0.1, 0.15) is 79.7 Å². The third-order valence-corrected chi connectivity index (χ3v) is 6.39. The first-order valence-electron chi connectivity index (χ1n) is 12.5. The Morgan fingerprint density at radius 2 is 1.74 bits per heavy atom. The normalized spacial score (nSPS) is 17.1. The highest BCUT2D eigenvalue weighted by molar-refractivity contribution is 5.49. The summed E-state index contributed by atoms with van der Waals surface area (Å²) >= 11 is 0. The average molecular weight is 428 g/mol. The zero-order valence-corrected chi connectivity index (χ0v) is 21.5. The Hall–Kier alpha value is -1.32. The molecule has 1 aromatic rings. The number of anilines is 1. The molecule has 176 valence electrons. The molecule has 31 heavy (non-hydrogen) atoms. The zero-order valence-electron chi connectivity index (χ0n) is 21.5. The van der Waals surface area contributed by atoms with Crippen LogP contribution in [-0.2, 0) is 6.42 Å². The number of aryl methyl sites for hydroxylation is 1. The number of hydrogen-bond donors (Lipinski definition) is 1. The molecule has 3 nitrogen and oxygen atoms in total. The Morgan fingerprint density at radius 3 is 2.26 bits per heavy atom. The molecule has 1 aromatic carbocycles. The molecule has 1 atom stereocenters. The SMILES string of the molecule is CC(C)=CCN(c1ccc(CCC(C)(C)C)cc1)C1CCN(C[C@H](N)CC(C)C)CC1. The maximum atomic E-state index is 6.38. The standard InChI is InChI=1S/C28H49N3/c1-22(2)13-19-31(26-10-8-24(9-11-26)12-16-28(5,6)7)27-14-17-30(18-15-27)21-25(29)20-23(3)4/h8-11,13,23,25,27H,12,14-21,29H2,1-7H3/t25-/m1/s1. The summed E-state index contributed by atoms with van der Waals surface area (Å²) in [4.78, 5) is 5.21. The van der Waals surface area contributed by atoms with Gasteiger partial charge in [-0.05, 0) is 75.0 Å². The fourth-order valence-electron chi connectivity index (χ4n) is 4.54. The quantitative estimate of drug-likeness (QED) is 0.446. The lowest BCUT2D eigenvalue weighted by Crippen LogP contribution is -2.48. The van der Waals surface area contributed by atoms with E-state index in [0.717, 1.165) is 39.0 Å². The van der Waals surface area contributed by atoms with Crippen molar-refractivity contribution in [2.45, 2.75) is 92.7 Å². The van der Waals surface area contributed by atoms with E-state index in [9.17, 15) is 0 Å². The van der Waals surface area contributed by atoms with Crippen LogP contribution in [-0.4, -0.2) is 43.2 Å². The minimum atomic E-state index is 0.305. The summed E-state index contributed by atoms with van der Waals surface area (Å²) in [6.45, 7) is 20.3. The zero-order chi connectivity index (χ0) is 23.0. The smallest absolute Gasteiger partial charge is 0.0371 e. The second kappa shape index (κ2) is 12.1. The molecule has 0 aromatic heterocycles. The molecule has 1 saturated heterocycles. The van der Waals surface area contributed by atoms with Crippen molar-refractivity contribution in [1.82, 2.24) is 4.90 Å². The molecular formula is C28H49N3. The van der Waals surface area contributed by atoms with E-state index in [4.69, 9.17) is 5.73 Å². The summed E-state index contributed by atoms with van der Waals surface area (Å²) < 4.78 is 0. The molecule has 0 aliphatic carbocycles. The maximum Gasteiger partial charge on any atom is 0.0371 e. The van der Waals surface area contributed by atoms with Crippen molar-refractivity contribution in [2.24, 2.45) is 17.1 Å². The second-order valence-corrected chi connectivity index (χ2v) is 11.6. The summed E-state index contributed by atoms with van der Waals surface area (Å²) in [6.07, 6.45) is 8.32. The average Bonchev–Trinajstić information content (AvgIpc) is 2.67. The number of benzene rings is 1. The third kappa shape index (κ3) is 9.78. The Labute approximate surface area is 193 Å². The first-order chi connectivity index (χ1) is 14.5. The van der Waals surface area contributed by atoms with Crippen LogP contribution in [0.4, 0.5) is 5.69 Å². The predicted octanol–water partition coefficient (Wildman–Crippen LogP) is 6.28. The highest BCUT2D eigenvalue weighted by Gasteiger charge is 2.25. The van der Waals surface area contributed by atoms with E-state index in [1.807, 2.05) is 0 Å². The Bertz CT molecular complexity index is 656. The lowest BCUT2D eigenvalue weighted by Gasteiger charge is -2.40. The first kappa shape index (κ1) is 25.9. The van der Waals surface area contributed by atoms with E-state index >= 15 is 0 Å². The topological polar surface area (TPSA) is 32.5 Å². The van der Waals surface area contributed by atoms with Crippen LogP contribution in [0.2, 0.25) is 0 Å². The molecule has 0 radical (unpaired) electrons. The highest BCUT2D eigenvalue weighted by Crippen LogP contribution is 2.26. The lowest BCUT2D eigenvalue weighted by molar-refractivity contribution is 0.193. The van der Waals surface area contributed by atoms with Gasteiger partial charge in [-0.3, -0.25) is 0 Å². The third-order valence-electron chi connectivity index (χ3n) is 6.39. The number of rotatable bonds is 10. The molecule has 0 amide bonds. The van der Waals surface area contributed by atoms with Gasteiger partial charge >= 0.3 is 0 Å².